The zero-order valence-electron chi connectivity index (χ0n) is 8.77. The molecule has 1 aromatic carbocycles. The fraction of sp³-hybridized carbons (Fsp3) is 0.182. The number of nitrogens with two attached hydrogens (primary N) is 1. The van der Waals surface area contributed by atoms with Crippen LogP contribution in [-0.2, 0) is 0 Å². The Bertz CT molecular complexity index is 470. The van der Waals surface area contributed by atoms with Gasteiger partial charge < -0.3 is 0 Å². The van der Waals surface area contributed by atoms with Crippen molar-refractivity contribution in [2.24, 2.45) is 5.84 Å². The molecule has 0 amide bonds. The van der Waals surface area contributed by atoms with Gasteiger partial charge in [-0.15, -0.1) is 11.3 Å². The summed E-state index contributed by atoms with van der Waals surface area (Å²) in [6, 6.07) is 4.90. The Morgan fingerprint density at radius 1 is 1.50 bits per heavy atom. The summed E-state index contributed by atoms with van der Waals surface area (Å²) in [5.41, 5.74) is 5.83. The molecule has 1 aromatic heterocycles. The lowest BCUT2D eigenvalue weighted by molar-refractivity contribution is 0.601. The van der Waals surface area contributed by atoms with Crippen molar-refractivity contribution in [3.8, 4) is 0 Å². The van der Waals surface area contributed by atoms with Crippen LogP contribution in [0, 0.1) is 12.7 Å². The average Bonchev–Trinajstić information content (AvgIpc) is 2.78. The van der Waals surface area contributed by atoms with Gasteiger partial charge in [0.25, 0.3) is 0 Å². The van der Waals surface area contributed by atoms with Gasteiger partial charge in [0.2, 0.25) is 0 Å². The monoisotopic (exact) mass is 237 g/mol. The topological polar surface area (TPSA) is 50.9 Å². The molecule has 2 aromatic rings. The van der Waals surface area contributed by atoms with Gasteiger partial charge in [0.15, 0.2) is 0 Å². The highest BCUT2D eigenvalue weighted by molar-refractivity contribution is 7.09. The second kappa shape index (κ2) is 4.69. The van der Waals surface area contributed by atoms with Crippen LogP contribution in [0.4, 0.5) is 4.39 Å². The molecule has 84 valence electrons. The molecule has 1 heterocycles. The van der Waals surface area contributed by atoms with Crippen LogP contribution in [-0.4, -0.2) is 4.98 Å². The van der Waals surface area contributed by atoms with Crippen LogP contribution in [0.25, 0.3) is 0 Å². The molecule has 0 saturated carbocycles. The molecule has 2 rings (SSSR count). The molecule has 0 aliphatic carbocycles. The summed E-state index contributed by atoms with van der Waals surface area (Å²) in [6.45, 7) is 1.73. The number of rotatable bonds is 3. The molecule has 1 unspecified atom stereocenters. The van der Waals surface area contributed by atoms with E-state index in [1.807, 2.05) is 6.07 Å². The Morgan fingerprint density at radius 3 is 2.88 bits per heavy atom. The molecule has 0 saturated heterocycles. The van der Waals surface area contributed by atoms with E-state index < -0.39 is 0 Å². The minimum Gasteiger partial charge on any atom is -0.271 e. The largest absolute Gasteiger partial charge is 0.271 e. The third kappa shape index (κ3) is 2.11. The molecule has 0 fully saturated rings. The molecule has 0 aliphatic rings. The average molecular weight is 237 g/mol. The maximum absolute atomic E-state index is 13.4. The minimum absolute atomic E-state index is 0.206. The number of aromatic nitrogens is 1. The third-order valence-corrected chi connectivity index (χ3v) is 3.27. The third-order valence-electron chi connectivity index (χ3n) is 2.43. The van der Waals surface area contributed by atoms with Crippen molar-refractivity contribution in [2.75, 3.05) is 0 Å². The summed E-state index contributed by atoms with van der Waals surface area (Å²) in [5, 5.41) is 0. The predicted molar refractivity (Wildman–Crippen MR) is 62.4 cm³/mol. The van der Waals surface area contributed by atoms with Crippen LogP contribution >= 0.6 is 11.3 Å². The van der Waals surface area contributed by atoms with Gasteiger partial charge in [0.05, 0.1) is 11.6 Å². The molecule has 0 bridgehead atoms. The minimum atomic E-state index is -0.220. The number of aryl methyl sites for hydroxylation is 1. The van der Waals surface area contributed by atoms with Crippen molar-refractivity contribution in [1.29, 1.82) is 0 Å². The number of hydrogen-bond acceptors (Lipinski definition) is 4. The van der Waals surface area contributed by atoms with Crippen LogP contribution in [0.5, 0.6) is 0 Å². The summed E-state index contributed by atoms with van der Waals surface area (Å²) in [4.78, 5) is 4.95. The van der Waals surface area contributed by atoms with E-state index in [2.05, 4.69) is 10.4 Å². The first kappa shape index (κ1) is 11.2. The lowest BCUT2D eigenvalue weighted by Crippen LogP contribution is -2.28. The SMILES string of the molecule is Cc1ccc(C(NN)c2cncs2)cc1F. The highest BCUT2D eigenvalue weighted by Crippen LogP contribution is 2.25. The maximum Gasteiger partial charge on any atom is 0.126 e. The molecule has 0 spiro atoms. The van der Waals surface area contributed by atoms with Gasteiger partial charge in [0, 0.05) is 11.1 Å². The van der Waals surface area contributed by atoms with Gasteiger partial charge in [0.1, 0.15) is 5.82 Å². The Morgan fingerprint density at radius 2 is 2.31 bits per heavy atom. The smallest absolute Gasteiger partial charge is 0.126 e. The highest BCUT2D eigenvalue weighted by atomic mass is 32.1. The Labute approximate surface area is 97.1 Å². The molecule has 3 nitrogen and oxygen atoms in total. The Balaban J connectivity index is 2.37. The zero-order valence-corrected chi connectivity index (χ0v) is 9.59. The van der Waals surface area contributed by atoms with E-state index in [0.29, 0.717) is 5.56 Å². The first-order chi connectivity index (χ1) is 7.72. The van der Waals surface area contributed by atoms with Gasteiger partial charge in [-0.1, -0.05) is 12.1 Å². The first-order valence-electron chi connectivity index (χ1n) is 4.83. The van der Waals surface area contributed by atoms with Crippen molar-refractivity contribution in [2.45, 2.75) is 13.0 Å². The van der Waals surface area contributed by atoms with Crippen molar-refractivity contribution in [1.82, 2.24) is 10.4 Å². The number of halogens is 1. The molecule has 3 N–H and O–H groups in total. The molecule has 5 heteroatoms. The number of nitrogens with one attached hydrogen (secondary N) is 1. The molecule has 0 radical (unpaired) electrons. The fourth-order valence-electron chi connectivity index (χ4n) is 1.50. The normalized spacial score (nSPS) is 12.7. The van der Waals surface area contributed by atoms with Crippen LogP contribution < -0.4 is 11.3 Å². The number of hydrazine groups is 1. The van der Waals surface area contributed by atoms with Gasteiger partial charge >= 0.3 is 0 Å². The molecule has 16 heavy (non-hydrogen) atoms. The zero-order chi connectivity index (χ0) is 11.5. The van der Waals surface area contributed by atoms with Crippen molar-refractivity contribution >= 4 is 11.3 Å². The lowest BCUT2D eigenvalue weighted by Gasteiger charge is -2.14. The predicted octanol–water partition coefficient (Wildman–Crippen LogP) is 2.14. The van der Waals surface area contributed by atoms with Crippen LogP contribution in [0.1, 0.15) is 22.0 Å². The van der Waals surface area contributed by atoms with E-state index >= 15 is 0 Å². The summed E-state index contributed by atoms with van der Waals surface area (Å²) in [5.74, 6) is 5.27. The van der Waals surface area contributed by atoms with E-state index in [1.54, 1.807) is 24.7 Å². The second-order valence-corrected chi connectivity index (χ2v) is 4.43. The van der Waals surface area contributed by atoms with E-state index in [4.69, 9.17) is 5.84 Å². The summed E-state index contributed by atoms with van der Waals surface area (Å²) in [7, 11) is 0. The quantitative estimate of drug-likeness (QED) is 0.635. The van der Waals surface area contributed by atoms with Crippen molar-refractivity contribution in [3.63, 3.8) is 0 Å². The van der Waals surface area contributed by atoms with E-state index in [-0.39, 0.29) is 11.9 Å². The van der Waals surface area contributed by atoms with Gasteiger partial charge in [-0.2, -0.15) is 0 Å². The number of benzene rings is 1. The summed E-state index contributed by atoms with van der Waals surface area (Å²) < 4.78 is 13.4. The maximum atomic E-state index is 13.4. The fourth-order valence-corrected chi connectivity index (χ4v) is 2.20. The molecular formula is C11H12FN3S. The highest BCUT2D eigenvalue weighted by Gasteiger charge is 2.14. The van der Waals surface area contributed by atoms with Crippen LogP contribution in [0.2, 0.25) is 0 Å². The number of nitrogens with zero attached hydrogens (tertiary/aromatic N) is 1. The van der Waals surface area contributed by atoms with Gasteiger partial charge in [-0.3, -0.25) is 10.8 Å². The van der Waals surface area contributed by atoms with Crippen molar-refractivity contribution < 1.29 is 4.39 Å². The first-order valence-corrected chi connectivity index (χ1v) is 5.71. The number of hydrogen-bond donors (Lipinski definition) is 2. The van der Waals surface area contributed by atoms with E-state index in [1.165, 1.54) is 17.4 Å². The van der Waals surface area contributed by atoms with Gasteiger partial charge in [-0.25, -0.2) is 9.82 Å². The van der Waals surface area contributed by atoms with E-state index in [0.717, 1.165) is 10.4 Å². The standard InChI is InChI=1S/C11H12FN3S/c1-7-2-3-8(4-9(7)12)11(15-13)10-5-14-6-16-10/h2-6,11,15H,13H2,1H3. The van der Waals surface area contributed by atoms with Crippen LogP contribution in [0.3, 0.4) is 0 Å². The Hall–Kier alpha value is -1.30. The van der Waals surface area contributed by atoms with E-state index in [9.17, 15) is 4.39 Å². The second-order valence-electron chi connectivity index (χ2n) is 3.51. The van der Waals surface area contributed by atoms with Gasteiger partial charge in [-0.05, 0) is 24.1 Å². The number of thiazole rings is 1. The Kier molecular flexibility index (Phi) is 3.28. The molecule has 1 atom stereocenters. The molecule has 0 aliphatic heterocycles. The lowest BCUT2D eigenvalue weighted by atomic mass is 10.0. The molecular weight excluding hydrogens is 225 g/mol. The van der Waals surface area contributed by atoms with Crippen LogP contribution in [0.15, 0.2) is 29.9 Å². The summed E-state index contributed by atoms with van der Waals surface area (Å²) >= 11 is 1.48. The van der Waals surface area contributed by atoms with Crippen molar-refractivity contribution in [3.05, 3.63) is 51.7 Å². The summed E-state index contributed by atoms with van der Waals surface area (Å²) in [6.07, 6.45) is 1.73.